The molecule has 0 spiro atoms. The van der Waals surface area contributed by atoms with Crippen molar-refractivity contribution in [3.8, 4) is 10.6 Å². The summed E-state index contributed by atoms with van der Waals surface area (Å²) in [6.07, 6.45) is 4.05. The quantitative estimate of drug-likeness (QED) is 0.829. The molecule has 1 amide bonds. The van der Waals surface area contributed by atoms with Gasteiger partial charge in [-0.3, -0.25) is 4.79 Å². The summed E-state index contributed by atoms with van der Waals surface area (Å²) in [6.45, 7) is 1.79. The summed E-state index contributed by atoms with van der Waals surface area (Å²) < 4.78 is 0. The molecule has 3 rings (SSSR count). The lowest BCUT2D eigenvalue weighted by Gasteiger charge is -2.15. The summed E-state index contributed by atoms with van der Waals surface area (Å²) in [6, 6.07) is 7.75. The van der Waals surface area contributed by atoms with Crippen LogP contribution in [0.15, 0.2) is 35.8 Å². The van der Waals surface area contributed by atoms with E-state index >= 15 is 0 Å². The lowest BCUT2D eigenvalue weighted by molar-refractivity contribution is 0.0793. The fourth-order valence-corrected chi connectivity index (χ4v) is 2.87. The maximum atomic E-state index is 12.2. The van der Waals surface area contributed by atoms with Crippen molar-refractivity contribution in [1.29, 1.82) is 0 Å². The zero-order valence-electron chi connectivity index (χ0n) is 10.0. The summed E-state index contributed by atoms with van der Waals surface area (Å²) in [5, 5.41) is 2.95. The first-order chi connectivity index (χ1) is 8.84. The van der Waals surface area contributed by atoms with Gasteiger partial charge in [0, 0.05) is 35.8 Å². The molecule has 2 aromatic rings. The van der Waals surface area contributed by atoms with Crippen molar-refractivity contribution in [3.05, 3.63) is 41.4 Å². The van der Waals surface area contributed by atoms with E-state index in [1.54, 1.807) is 17.5 Å². The Morgan fingerprint density at radius 3 is 2.50 bits per heavy atom. The highest BCUT2D eigenvalue weighted by atomic mass is 32.1. The summed E-state index contributed by atoms with van der Waals surface area (Å²) in [7, 11) is 0. The molecule has 1 saturated heterocycles. The van der Waals surface area contributed by atoms with Crippen LogP contribution in [0.3, 0.4) is 0 Å². The molecule has 1 aliphatic rings. The first kappa shape index (κ1) is 11.4. The predicted octanol–water partition coefficient (Wildman–Crippen LogP) is 3.05. The number of carbonyl (C=O) groups is 1. The number of benzene rings is 1. The second-order valence-electron chi connectivity index (χ2n) is 4.41. The minimum Gasteiger partial charge on any atom is -0.339 e. The molecule has 0 saturated carbocycles. The van der Waals surface area contributed by atoms with Crippen LogP contribution < -0.4 is 0 Å². The third-order valence-corrected chi connectivity index (χ3v) is 4.03. The van der Waals surface area contributed by atoms with Gasteiger partial charge in [0.05, 0.1) is 0 Å². The summed E-state index contributed by atoms with van der Waals surface area (Å²) in [4.78, 5) is 18.3. The van der Waals surface area contributed by atoms with Crippen LogP contribution in [0.25, 0.3) is 10.6 Å². The molecular weight excluding hydrogens is 244 g/mol. The van der Waals surface area contributed by atoms with Crippen LogP contribution in [0, 0.1) is 0 Å². The number of amides is 1. The van der Waals surface area contributed by atoms with Gasteiger partial charge in [-0.05, 0) is 25.0 Å². The van der Waals surface area contributed by atoms with Crippen LogP contribution in [-0.2, 0) is 0 Å². The van der Waals surface area contributed by atoms with E-state index in [9.17, 15) is 4.79 Å². The molecule has 0 radical (unpaired) electrons. The van der Waals surface area contributed by atoms with E-state index in [0.29, 0.717) is 0 Å². The second-order valence-corrected chi connectivity index (χ2v) is 5.31. The van der Waals surface area contributed by atoms with Crippen molar-refractivity contribution in [2.24, 2.45) is 0 Å². The fourth-order valence-electron chi connectivity index (χ4n) is 2.22. The van der Waals surface area contributed by atoms with Gasteiger partial charge in [-0.2, -0.15) is 0 Å². The van der Waals surface area contributed by atoms with E-state index in [1.807, 2.05) is 34.5 Å². The van der Waals surface area contributed by atoms with Gasteiger partial charge in [0.2, 0.25) is 0 Å². The van der Waals surface area contributed by atoms with Gasteiger partial charge >= 0.3 is 0 Å². The molecule has 0 unspecified atom stereocenters. The summed E-state index contributed by atoms with van der Waals surface area (Å²) in [5.41, 5.74) is 1.85. The average Bonchev–Trinajstić information content (AvgIpc) is 3.11. The second kappa shape index (κ2) is 4.90. The van der Waals surface area contributed by atoms with Crippen LogP contribution in [0.1, 0.15) is 23.2 Å². The molecule has 92 valence electrons. The molecule has 2 heterocycles. The molecule has 0 N–H and O–H groups in total. The molecule has 4 heteroatoms. The van der Waals surface area contributed by atoms with Crippen molar-refractivity contribution in [3.63, 3.8) is 0 Å². The molecule has 18 heavy (non-hydrogen) atoms. The topological polar surface area (TPSA) is 33.2 Å². The zero-order chi connectivity index (χ0) is 12.4. The van der Waals surface area contributed by atoms with Crippen LogP contribution in [0.5, 0.6) is 0 Å². The first-order valence-corrected chi connectivity index (χ1v) is 7.02. The SMILES string of the molecule is O=C(c1ccc(-c2nccs2)cc1)N1CCCC1. The number of thiazole rings is 1. The van der Waals surface area contributed by atoms with Gasteiger partial charge in [0.1, 0.15) is 5.01 Å². The Morgan fingerprint density at radius 2 is 1.89 bits per heavy atom. The number of aromatic nitrogens is 1. The lowest BCUT2D eigenvalue weighted by Crippen LogP contribution is -2.27. The largest absolute Gasteiger partial charge is 0.339 e. The molecule has 0 bridgehead atoms. The number of carbonyl (C=O) groups excluding carboxylic acids is 1. The van der Waals surface area contributed by atoms with Gasteiger partial charge in [-0.15, -0.1) is 11.3 Å². The molecule has 0 atom stereocenters. The van der Waals surface area contributed by atoms with E-state index in [0.717, 1.165) is 42.1 Å². The highest BCUT2D eigenvalue weighted by molar-refractivity contribution is 7.13. The Bertz CT molecular complexity index is 527. The number of hydrogen-bond donors (Lipinski definition) is 0. The predicted molar refractivity (Wildman–Crippen MR) is 72.7 cm³/mol. The first-order valence-electron chi connectivity index (χ1n) is 6.14. The standard InChI is InChI=1S/C14H14N2OS/c17-14(16-8-1-2-9-16)12-5-3-11(4-6-12)13-15-7-10-18-13/h3-7,10H,1-2,8-9H2. The van der Waals surface area contributed by atoms with Crippen molar-refractivity contribution < 1.29 is 4.79 Å². The van der Waals surface area contributed by atoms with E-state index in [2.05, 4.69) is 4.98 Å². The number of nitrogens with zero attached hydrogens (tertiary/aromatic N) is 2. The molecular formula is C14H14N2OS. The Hall–Kier alpha value is -1.68. The Balaban J connectivity index is 1.80. The van der Waals surface area contributed by atoms with E-state index in [-0.39, 0.29) is 5.91 Å². The average molecular weight is 258 g/mol. The van der Waals surface area contributed by atoms with Crippen LogP contribution in [-0.4, -0.2) is 28.9 Å². The van der Waals surface area contributed by atoms with Crippen molar-refractivity contribution in [2.75, 3.05) is 13.1 Å². The van der Waals surface area contributed by atoms with Gasteiger partial charge in [-0.25, -0.2) is 4.98 Å². The van der Waals surface area contributed by atoms with Gasteiger partial charge in [0.25, 0.3) is 5.91 Å². The number of rotatable bonds is 2. The highest BCUT2D eigenvalue weighted by Gasteiger charge is 2.19. The number of likely N-dealkylation sites (tertiary alicyclic amines) is 1. The molecule has 1 aromatic carbocycles. The van der Waals surface area contributed by atoms with Crippen LogP contribution in [0.4, 0.5) is 0 Å². The molecule has 1 aliphatic heterocycles. The third kappa shape index (κ3) is 2.16. The molecule has 3 nitrogen and oxygen atoms in total. The highest BCUT2D eigenvalue weighted by Crippen LogP contribution is 2.22. The zero-order valence-corrected chi connectivity index (χ0v) is 10.8. The fraction of sp³-hybridized carbons (Fsp3) is 0.286. The Labute approximate surface area is 110 Å². The lowest BCUT2D eigenvalue weighted by atomic mass is 10.1. The van der Waals surface area contributed by atoms with Gasteiger partial charge in [-0.1, -0.05) is 12.1 Å². The van der Waals surface area contributed by atoms with Crippen LogP contribution >= 0.6 is 11.3 Å². The van der Waals surface area contributed by atoms with Crippen molar-refractivity contribution in [1.82, 2.24) is 9.88 Å². The smallest absolute Gasteiger partial charge is 0.253 e. The normalized spacial score (nSPS) is 15.0. The molecule has 1 aromatic heterocycles. The molecule has 1 fully saturated rings. The summed E-state index contributed by atoms with van der Waals surface area (Å²) in [5.74, 6) is 0.151. The molecule has 0 aliphatic carbocycles. The van der Waals surface area contributed by atoms with Crippen molar-refractivity contribution >= 4 is 17.2 Å². The van der Waals surface area contributed by atoms with Gasteiger partial charge in [0.15, 0.2) is 0 Å². The Kier molecular flexibility index (Phi) is 3.11. The maximum absolute atomic E-state index is 12.2. The third-order valence-electron chi connectivity index (χ3n) is 3.20. The van der Waals surface area contributed by atoms with Gasteiger partial charge < -0.3 is 4.90 Å². The minimum atomic E-state index is 0.151. The van der Waals surface area contributed by atoms with E-state index < -0.39 is 0 Å². The van der Waals surface area contributed by atoms with Crippen LogP contribution in [0.2, 0.25) is 0 Å². The Morgan fingerprint density at radius 1 is 1.17 bits per heavy atom. The van der Waals surface area contributed by atoms with E-state index in [1.165, 1.54) is 0 Å². The minimum absolute atomic E-state index is 0.151. The summed E-state index contributed by atoms with van der Waals surface area (Å²) >= 11 is 1.61. The van der Waals surface area contributed by atoms with E-state index in [4.69, 9.17) is 0 Å². The maximum Gasteiger partial charge on any atom is 0.253 e. The van der Waals surface area contributed by atoms with Crippen molar-refractivity contribution in [2.45, 2.75) is 12.8 Å². The monoisotopic (exact) mass is 258 g/mol. The number of hydrogen-bond acceptors (Lipinski definition) is 3.